The van der Waals surface area contributed by atoms with Gasteiger partial charge >= 0.3 is 0 Å². The number of hydrogen-bond donors (Lipinski definition) is 1. The molecule has 0 bridgehead atoms. The minimum absolute atomic E-state index is 0.146. The number of methoxy groups -OCH3 is 1. The molecule has 0 fully saturated rings. The number of halogens is 2. The van der Waals surface area contributed by atoms with Crippen molar-refractivity contribution in [3.05, 3.63) is 81.9 Å². The SMILES string of the molecule is COc1ccc([C@@H](NC(=O)Cc2ccc(Cl)cc2Cl)c2nccn2C)cc1. The summed E-state index contributed by atoms with van der Waals surface area (Å²) in [7, 11) is 3.50. The maximum atomic E-state index is 12.7. The Hall–Kier alpha value is -2.50. The first-order valence-electron chi connectivity index (χ1n) is 8.32. The molecule has 140 valence electrons. The summed E-state index contributed by atoms with van der Waals surface area (Å²) in [4.78, 5) is 17.1. The van der Waals surface area contributed by atoms with Crippen molar-refractivity contribution in [1.29, 1.82) is 0 Å². The Kier molecular flexibility index (Phi) is 6.04. The number of nitrogens with zero attached hydrogens (tertiary/aromatic N) is 2. The van der Waals surface area contributed by atoms with E-state index in [4.69, 9.17) is 27.9 Å². The minimum atomic E-state index is -0.394. The zero-order chi connectivity index (χ0) is 19.4. The average molecular weight is 404 g/mol. The standard InChI is InChI=1S/C20H19Cl2N3O2/c1-25-10-9-23-20(25)19(13-4-7-16(27-2)8-5-13)24-18(26)11-14-3-6-15(21)12-17(14)22/h3-10,12,19H,11H2,1-2H3,(H,24,26)/t19-/m1/s1. The highest BCUT2D eigenvalue weighted by molar-refractivity contribution is 6.35. The Bertz CT molecular complexity index is 939. The van der Waals surface area contributed by atoms with Crippen LogP contribution in [-0.2, 0) is 18.3 Å². The maximum Gasteiger partial charge on any atom is 0.225 e. The second-order valence-corrected chi connectivity index (χ2v) is 6.93. The van der Waals surface area contributed by atoms with E-state index in [1.165, 1.54) is 0 Å². The van der Waals surface area contributed by atoms with Gasteiger partial charge in [-0.25, -0.2) is 4.98 Å². The molecule has 5 nitrogen and oxygen atoms in total. The van der Waals surface area contributed by atoms with Crippen molar-refractivity contribution in [2.24, 2.45) is 7.05 Å². The third kappa shape index (κ3) is 4.62. The lowest BCUT2D eigenvalue weighted by Gasteiger charge is -2.20. The lowest BCUT2D eigenvalue weighted by Crippen LogP contribution is -2.32. The number of rotatable bonds is 6. The number of aromatic nitrogens is 2. The zero-order valence-corrected chi connectivity index (χ0v) is 16.5. The Morgan fingerprint density at radius 3 is 2.56 bits per heavy atom. The highest BCUT2D eigenvalue weighted by atomic mass is 35.5. The highest BCUT2D eigenvalue weighted by Gasteiger charge is 2.21. The maximum absolute atomic E-state index is 12.7. The summed E-state index contributed by atoms with van der Waals surface area (Å²) in [6, 6.07) is 12.2. The van der Waals surface area contributed by atoms with Crippen molar-refractivity contribution < 1.29 is 9.53 Å². The summed E-state index contributed by atoms with van der Waals surface area (Å²) in [6.07, 6.45) is 3.69. The van der Waals surface area contributed by atoms with E-state index in [1.54, 1.807) is 31.5 Å². The Morgan fingerprint density at radius 1 is 1.22 bits per heavy atom. The third-order valence-electron chi connectivity index (χ3n) is 4.24. The molecule has 0 aliphatic rings. The fourth-order valence-electron chi connectivity index (χ4n) is 2.80. The molecular weight excluding hydrogens is 385 g/mol. The van der Waals surface area contributed by atoms with Gasteiger partial charge in [0, 0.05) is 29.5 Å². The molecule has 2 aromatic carbocycles. The highest BCUT2D eigenvalue weighted by Crippen LogP contribution is 2.24. The van der Waals surface area contributed by atoms with Gasteiger partial charge in [-0.05, 0) is 35.4 Å². The normalized spacial score (nSPS) is 11.9. The second-order valence-electron chi connectivity index (χ2n) is 6.08. The number of imidazole rings is 1. The van der Waals surface area contributed by atoms with Crippen LogP contribution in [0.4, 0.5) is 0 Å². The lowest BCUT2D eigenvalue weighted by atomic mass is 10.0. The molecule has 1 N–H and O–H groups in total. The Balaban J connectivity index is 1.84. The number of benzene rings is 2. The topological polar surface area (TPSA) is 56.1 Å². The lowest BCUT2D eigenvalue weighted by molar-refractivity contribution is -0.121. The number of nitrogens with one attached hydrogen (secondary N) is 1. The van der Waals surface area contributed by atoms with Crippen LogP contribution in [0.25, 0.3) is 0 Å². The van der Waals surface area contributed by atoms with Crippen LogP contribution in [-0.4, -0.2) is 22.6 Å². The summed E-state index contributed by atoms with van der Waals surface area (Å²) in [5, 5.41) is 4.05. The second kappa shape index (κ2) is 8.46. The van der Waals surface area contributed by atoms with Crippen LogP contribution in [0.2, 0.25) is 10.0 Å². The van der Waals surface area contributed by atoms with Gasteiger partial charge in [-0.3, -0.25) is 4.79 Å². The quantitative estimate of drug-likeness (QED) is 0.671. The first-order chi connectivity index (χ1) is 13.0. The van der Waals surface area contributed by atoms with Gasteiger partial charge < -0.3 is 14.6 Å². The molecule has 1 heterocycles. The van der Waals surface area contributed by atoms with E-state index < -0.39 is 6.04 Å². The largest absolute Gasteiger partial charge is 0.497 e. The molecule has 1 atom stereocenters. The van der Waals surface area contributed by atoms with Crippen LogP contribution >= 0.6 is 23.2 Å². The van der Waals surface area contributed by atoms with Gasteiger partial charge in [0.2, 0.25) is 5.91 Å². The molecule has 0 radical (unpaired) electrons. The zero-order valence-electron chi connectivity index (χ0n) is 14.9. The van der Waals surface area contributed by atoms with Gasteiger partial charge in [0.1, 0.15) is 17.6 Å². The monoisotopic (exact) mass is 403 g/mol. The molecular formula is C20H19Cl2N3O2. The van der Waals surface area contributed by atoms with E-state index >= 15 is 0 Å². The number of ether oxygens (including phenoxy) is 1. The fourth-order valence-corrected chi connectivity index (χ4v) is 3.27. The molecule has 7 heteroatoms. The average Bonchev–Trinajstić information content (AvgIpc) is 3.08. The molecule has 1 aromatic heterocycles. The van der Waals surface area contributed by atoms with Gasteiger partial charge in [0.15, 0.2) is 0 Å². The van der Waals surface area contributed by atoms with Gasteiger partial charge in [0.25, 0.3) is 0 Å². The van der Waals surface area contributed by atoms with Gasteiger partial charge in [-0.1, -0.05) is 41.4 Å². The van der Waals surface area contributed by atoms with Crippen molar-refractivity contribution in [3.8, 4) is 5.75 Å². The summed E-state index contributed by atoms with van der Waals surface area (Å²) in [5.74, 6) is 1.32. The van der Waals surface area contributed by atoms with E-state index in [9.17, 15) is 4.79 Å². The van der Waals surface area contributed by atoms with Crippen LogP contribution in [0.3, 0.4) is 0 Å². The van der Waals surface area contributed by atoms with Crippen LogP contribution < -0.4 is 10.1 Å². The van der Waals surface area contributed by atoms with E-state index in [0.29, 0.717) is 15.6 Å². The van der Waals surface area contributed by atoms with Crippen LogP contribution in [0.15, 0.2) is 54.9 Å². The van der Waals surface area contributed by atoms with Crippen LogP contribution in [0.5, 0.6) is 5.75 Å². The van der Waals surface area contributed by atoms with Crippen LogP contribution in [0, 0.1) is 0 Å². The molecule has 0 aliphatic carbocycles. The summed E-state index contributed by atoms with van der Waals surface area (Å²) >= 11 is 12.1. The molecule has 0 saturated heterocycles. The van der Waals surface area contributed by atoms with Crippen molar-refractivity contribution >= 4 is 29.1 Å². The van der Waals surface area contributed by atoms with Gasteiger partial charge in [0.05, 0.1) is 13.5 Å². The molecule has 27 heavy (non-hydrogen) atoms. The molecule has 0 aliphatic heterocycles. The van der Waals surface area contributed by atoms with E-state index in [2.05, 4.69) is 10.3 Å². The van der Waals surface area contributed by atoms with Crippen LogP contribution in [0.1, 0.15) is 23.0 Å². The van der Waals surface area contributed by atoms with E-state index in [1.807, 2.05) is 42.1 Å². The molecule has 1 amide bonds. The molecule has 0 saturated carbocycles. The first-order valence-corrected chi connectivity index (χ1v) is 9.08. The van der Waals surface area contributed by atoms with Crippen molar-refractivity contribution in [2.75, 3.05) is 7.11 Å². The van der Waals surface area contributed by atoms with E-state index in [-0.39, 0.29) is 12.3 Å². The van der Waals surface area contributed by atoms with Crippen molar-refractivity contribution in [2.45, 2.75) is 12.5 Å². The summed E-state index contributed by atoms with van der Waals surface area (Å²) in [5.41, 5.74) is 1.62. The van der Waals surface area contributed by atoms with E-state index in [0.717, 1.165) is 17.1 Å². The Labute approximate surface area is 167 Å². The molecule has 3 aromatic rings. The van der Waals surface area contributed by atoms with Gasteiger partial charge in [-0.15, -0.1) is 0 Å². The van der Waals surface area contributed by atoms with Gasteiger partial charge in [-0.2, -0.15) is 0 Å². The number of aryl methyl sites for hydroxylation is 1. The van der Waals surface area contributed by atoms with Crippen molar-refractivity contribution in [1.82, 2.24) is 14.9 Å². The third-order valence-corrected chi connectivity index (χ3v) is 4.82. The predicted molar refractivity (Wildman–Crippen MR) is 106 cm³/mol. The first kappa shape index (κ1) is 19.3. The molecule has 0 unspecified atom stereocenters. The predicted octanol–water partition coefficient (Wildman–Crippen LogP) is 4.18. The fraction of sp³-hybridized carbons (Fsp3) is 0.200. The number of hydrogen-bond acceptors (Lipinski definition) is 3. The summed E-state index contributed by atoms with van der Waals surface area (Å²) < 4.78 is 7.09. The summed E-state index contributed by atoms with van der Waals surface area (Å²) in [6.45, 7) is 0. The van der Waals surface area contributed by atoms with Crippen molar-refractivity contribution in [3.63, 3.8) is 0 Å². The molecule has 0 spiro atoms. The number of carbonyl (C=O) groups is 1. The Morgan fingerprint density at radius 2 is 1.96 bits per heavy atom. The minimum Gasteiger partial charge on any atom is -0.497 e. The molecule has 3 rings (SSSR count). The number of amides is 1. The number of carbonyl (C=O) groups excluding carboxylic acids is 1. The smallest absolute Gasteiger partial charge is 0.225 e.